The van der Waals surface area contributed by atoms with E-state index in [1.807, 2.05) is 45.9 Å². The third kappa shape index (κ3) is 7.31. The minimum Gasteiger partial charge on any atom is -0.497 e. The largest absolute Gasteiger partial charge is 0.497 e. The van der Waals surface area contributed by atoms with Crippen LogP contribution in [0.25, 0.3) is 0 Å². The number of nitrogen functional groups attached to an aromatic ring is 1. The van der Waals surface area contributed by atoms with Crippen LogP contribution in [-0.2, 0) is 22.6 Å². The Labute approximate surface area is 267 Å². The number of nitrogens with two attached hydrogens (primary N) is 1. The van der Waals surface area contributed by atoms with Crippen molar-refractivity contribution < 1.29 is 24.2 Å². The summed E-state index contributed by atoms with van der Waals surface area (Å²) >= 11 is 7.76. The minimum atomic E-state index is -1.66. The lowest BCUT2D eigenvalue weighted by molar-refractivity contribution is -0.147. The van der Waals surface area contributed by atoms with Crippen molar-refractivity contribution in [3.05, 3.63) is 93.5 Å². The average molecular weight is 639 g/mol. The molecular formula is C33H39ClN4O5S. The molecule has 1 aliphatic heterocycles. The first-order chi connectivity index (χ1) is 20.8. The van der Waals surface area contributed by atoms with Crippen LogP contribution in [0, 0.1) is 13.8 Å². The van der Waals surface area contributed by atoms with Gasteiger partial charge in [0.25, 0.3) is 11.8 Å². The molecule has 0 radical (unpaired) electrons. The van der Waals surface area contributed by atoms with Gasteiger partial charge in [0.05, 0.1) is 35.3 Å². The first-order valence-electron chi connectivity index (χ1n) is 14.3. The van der Waals surface area contributed by atoms with Gasteiger partial charge in [-0.05, 0) is 80.6 Å². The fourth-order valence-electron chi connectivity index (χ4n) is 5.38. The number of halogens is 1. The summed E-state index contributed by atoms with van der Waals surface area (Å²) in [6.07, 6.45) is -1.54. The van der Waals surface area contributed by atoms with Gasteiger partial charge < -0.3 is 31.1 Å². The summed E-state index contributed by atoms with van der Waals surface area (Å²) in [7, 11) is 1.56. The van der Waals surface area contributed by atoms with Crippen LogP contribution in [0.1, 0.15) is 46.5 Å². The van der Waals surface area contributed by atoms with Crippen LogP contribution >= 0.6 is 23.4 Å². The van der Waals surface area contributed by atoms with Crippen LogP contribution in [0.5, 0.6) is 5.75 Å². The van der Waals surface area contributed by atoms with Crippen molar-refractivity contribution in [1.82, 2.24) is 15.5 Å². The quantitative estimate of drug-likeness (QED) is 0.244. The molecule has 0 bridgehead atoms. The Kier molecular flexibility index (Phi) is 10.5. The van der Waals surface area contributed by atoms with Gasteiger partial charge in [-0.3, -0.25) is 14.4 Å². The molecule has 9 nitrogen and oxygen atoms in total. The highest BCUT2D eigenvalue weighted by Gasteiger charge is 2.49. The molecule has 3 aromatic rings. The Bertz CT molecular complexity index is 1510. The summed E-state index contributed by atoms with van der Waals surface area (Å²) in [6, 6.07) is 15.8. The normalized spacial score (nSPS) is 17.1. The number of rotatable bonds is 10. The summed E-state index contributed by atoms with van der Waals surface area (Å²) < 4.78 is 4.62. The van der Waals surface area contributed by atoms with E-state index in [1.54, 1.807) is 43.5 Å². The van der Waals surface area contributed by atoms with E-state index in [4.69, 9.17) is 22.1 Å². The molecular weight excluding hydrogens is 600 g/mol. The Morgan fingerprint density at radius 2 is 1.73 bits per heavy atom. The SMILES string of the molecule is COc1ccc(C[C@H](NC(=O)c2cccc(N)c2Cl)[C@H](O)C(=O)N2CSC(C)(C)C2C(=O)NCc2c(C)cccc2C)cc1. The van der Waals surface area contributed by atoms with E-state index in [0.29, 0.717) is 12.3 Å². The van der Waals surface area contributed by atoms with Crippen LogP contribution in [0.2, 0.25) is 5.02 Å². The van der Waals surface area contributed by atoms with Gasteiger partial charge in [0.1, 0.15) is 11.8 Å². The number of ether oxygens (including phenoxy) is 1. The van der Waals surface area contributed by atoms with Crippen molar-refractivity contribution >= 4 is 46.8 Å². The topological polar surface area (TPSA) is 134 Å². The molecule has 11 heteroatoms. The van der Waals surface area contributed by atoms with E-state index in [0.717, 1.165) is 22.3 Å². The molecule has 4 rings (SSSR count). The fourth-order valence-corrected chi connectivity index (χ4v) is 6.74. The number of aliphatic hydroxyl groups excluding tert-OH is 1. The molecule has 1 unspecified atom stereocenters. The zero-order chi connectivity index (χ0) is 32.2. The van der Waals surface area contributed by atoms with E-state index < -0.39 is 34.7 Å². The van der Waals surface area contributed by atoms with E-state index >= 15 is 0 Å². The number of aryl methyl sites for hydroxylation is 2. The number of nitrogens with zero attached hydrogens (tertiary/aromatic N) is 1. The lowest BCUT2D eigenvalue weighted by Gasteiger charge is -2.33. The van der Waals surface area contributed by atoms with Gasteiger partial charge in [-0.1, -0.05) is 48.0 Å². The highest BCUT2D eigenvalue weighted by molar-refractivity contribution is 8.00. The van der Waals surface area contributed by atoms with Crippen molar-refractivity contribution in [2.45, 2.75) is 63.6 Å². The van der Waals surface area contributed by atoms with Crippen LogP contribution in [-0.4, -0.2) is 63.6 Å². The molecule has 1 heterocycles. The zero-order valence-electron chi connectivity index (χ0n) is 25.5. The second-order valence-electron chi connectivity index (χ2n) is 11.5. The van der Waals surface area contributed by atoms with E-state index in [-0.39, 0.29) is 34.5 Å². The van der Waals surface area contributed by atoms with Crippen LogP contribution in [0.15, 0.2) is 60.7 Å². The standard InChI is InChI=1S/C33H39ClN4O5S/c1-19-8-6-9-20(2)24(19)17-36-31(41)29-33(3,4)44-18-38(29)32(42)28(39)26(16-21-12-14-22(43-5)15-13-21)37-30(40)23-10-7-11-25(35)27(23)34/h6-15,26,28-29,39H,16-18,35H2,1-5H3,(H,36,41)(H,37,40)/t26-,28-,29?/m0/s1. The Balaban J connectivity index is 1.58. The molecule has 3 amide bonds. The number of anilines is 1. The predicted octanol–water partition coefficient (Wildman–Crippen LogP) is 4.25. The smallest absolute Gasteiger partial charge is 0.254 e. The third-order valence-corrected chi connectivity index (χ3v) is 9.80. The molecule has 3 aromatic carbocycles. The molecule has 5 N–H and O–H groups in total. The highest BCUT2D eigenvalue weighted by Crippen LogP contribution is 2.40. The van der Waals surface area contributed by atoms with Crippen LogP contribution < -0.4 is 21.1 Å². The molecule has 3 atom stereocenters. The number of nitrogens with one attached hydrogen (secondary N) is 2. The minimum absolute atomic E-state index is 0.0762. The number of methoxy groups -OCH3 is 1. The number of thioether (sulfide) groups is 1. The second-order valence-corrected chi connectivity index (χ2v) is 13.4. The summed E-state index contributed by atoms with van der Waals surface area (Å²) in [6.45, 7) is 8.10. The number of amides is 3. The van der Waals surface area contributed by atoms with Crippen molar-refractivity contribution in [3.63, 3.8) is 0 Å². The number of carbonyl (C=O) groups excluding carboxylic acids is 3. The van der Waals surface area contributed by atoms with E-state index in [9.17, 15) is 19.5 Å². The number of aliphatic hydroxyl groups is 1. The van der Waals surface area contributed by atoms with Crippen LogP contribution in [0.4, 0.5) is 5.69 Å². The van der Waals surface area contributed by atoms with Crippen molar-refractivity contribution in [3.8, 4) is 5.75 Å². The lowest BCUT2D eigenvalue weighted by Crippen LogP contribution is -2.58. The zero-order valence-corrected chi connectivity index (χ0v) is 27.1. The van der Waals surface area contributed by atoms with Gasteiger partial charge in [-0.2, -0.15) is 0 Å². The van der Waals surface area contributed by atoms with Gasteiger partial charge in [0, 0.05) is 11.3 Å². The molecule has 1 saturated heterocycles. The highest BCUT2D eigenvalue weighted by atomic mass is 35.5. The van der Waals surface area contributed by atoms with Crippen molar-refractivity contribution in [2.24, 2.45) is 0 Å². The van der Waals surface area contributed by atoms with Crippen molar-refractivity contribution in [1.29, 1.82) is 0 Å². The number of carbonyl (C=O) groups is 3. The lowest BCUT2D eigenvalue weighted by atomic mass is 9.96. The van der Waals surface area contributed by atoms with Crippen LogP contribution in [0.3, 0.4) is 0 Å². The molecule has 0 aliphatic carbocycles. The van der Waals surface area contributed by atoms with Gasteiger partial charge in [0.15, 0.2) is 6.10 Å². The number of hydrogen-bond donors (Lipinski definition) is 4. The monoisotopic (exact) mass is 638 g/mol. The molecule has 234 valence electrons. The average Bonchev–Trinajstić information content (AvgIpc) is 3.32. The van der Waals surface area contributed by atoms with E-state index in [1.165, 1.54) is 22.7 Å². The molecule has 0 saturated carbocycles. The maximum absolute atomic E-state index is 14.0. The van der Waals surface area contributed by atoms with E-state index in [2.05, 4.69) is 10.6 Å². The molecule has 1 aliphatic rings. The number of benzene rings is 3. The third-order valence-electron chi connectivity index (χ3n) is 8.00. The van der Waals surface area contributed by atoms with Gasteiger partial charge in [-0.15, -0.1) is 11.8 Å². The molecule has 1 fully saturated rings. The van der Waals surface area contributed by atoms with Gasteiger partial charge in [-0.25, -0.2) is 0 Å². The van der Waals surface area contributed by atoms with Crippen molar-refractivity contribution in [2.75, 3.05) is 18.7 Å². The molecule has 0 aromatic heterocycles. The first kappa shape index (κ1) is 33.2. The summed E-state index contributed by atoms with van der Waals surface area (Å²) in [4.78, 5) is 42.3. The Hall–Kier alpha value is -3.73. The maximum Gasteiger partial charge on any atom is 0.254 e. The first-order valence-corrected chi connectivity index (χ1v) is 15.6. The summed E-state index contributed by atoms with van der Waals surface area (Å²) in [5.74, 6) is -0.720. The Morgan fingerprint density at radius 3 is 2.36 bits per heavy atom. The second kappa shape index (κ2) is 13.9. The predicted molar refractivity (Wildman–Crippen MR) is 175 cm³/mol. The Morgan fingerprint density at radius 1 is 1.09 bits per heavy atom. The number of hydrogen-bond acceptors (Lipinski definition) is 7. The fraction of sp³-hybridized carbons (Fsp3) is 0.364. The van der Waals surface area contributed by atoms with Gasteiger partial charge >= 0.3 is 0 Å². The summed E-state index contributed by atoms with van der Waals surface area (Å²) in [5.41, 5.74) is 10.1. The molecule has 44 heavy (non-hydrogen) atoms. The summed E-state index contributed by atoms with van der Waals surface area (Å²) in [5, 5.41) is 17.4. The molecule has 0 spiro atoms. The van der Waals surface area contributed by atoms with Gasteiger partial charge in [0.2, 0.25) is 5.91 Å². The maximum atomic E-state index is 14.0.